The topological polar surface area (TPSA) is 64.6 Å². The van der Waals surface area contributed by atoms with Gasteiger partial charge in [-0.3, -0.25) is 9.59 Å². The van der Waals surface area contributed by atoms with Gasteiger partial charge in [0.05, 0.1) is 18.6 Å². The molecule has 1 N–H and O–H groups in total. The molecule has 0 bridgehead atoms. The number of carbonyl (C=O) groups excluding carboxylic acids is 2. The highest BCUT2D eigenvalue weighted by molar-refractivity contribution is 5.76. The van der Waals surface area contributed by atoms with Gasteiger partial charge in [-0.25, -0.2) is 0 Å². The Morgan fingerprint density at radius 1 is 0.806 bits per heavy atom. The van der Waals surface area contributed by atoms with Gasteiger partial charge in [0.1, 0.15) is 6.04 Å². The Bertz CT molecular complexity index is 472. The van der Waals surface area contributed by atoms with Gasteiger partial charge in [0.15, 0.2) is 0 Å². The number of rotatable bonds is 19. The first kappa shape index (κ1) is 27.9. The molecule has 1 fully saturated rings. The van der Waals surface area contributed by atoms with E-state index < -0.39 is 5.41 Å². The highest BCUT2D eigenvalue weighted by atomic mass is 16.5. The van der Waals surface area contributed by atoms with Gasteiger partial charge in [0.2, 0.25) is 0 Å². The molecule has 1 aliphatic rings. The summed E-state index contributed by atoms with van der Waals surface area (Å²) < 4.78 is 10.9. The molecule has 1 rings (SSSR count). The fourth-order valence-corrected chi connectivity index (χ4v) is 4.06. The predicted octanol–water partition coefficient (Wildman–Crippen LogP) is 6.33. The molecule has 31 heavy (non-hydrogen) atoms. The van der Waals surface area contributed by atoms with Crippen LogP contribution in [0, 0.1) is 5.41 Å². The molecule has 0 spiro atoms. The molecule has 1 aliphatic heterocycles. The van der Waals surface area contributed by atoms with Gasteiger partial charge in [-0.1, -0.05) is 77.6 Å². The van der Waals surface area contributed by atoms with E-state index in [1.807, 2.05) is 13.8 Å². The van der Waals surface area contributed by atoms with Gasteiger partial charge < -0.3 is 14.8 Å². The third-order valence-electron chi connectivity index (χ3n) is 6.32. The minimum absolute atomic E-state index is 0.0648. The van der Waals surface area contributed by atoms with Gasteiger partial charge in [-0.05, 0) is 52.5 Å². The number of ether oxygens (including phenoxy) is 2. The third kappa shape index (κ3) is 13.8. The first-order valence-corrected chi connectivity index (χ1v) is 13.0. The van der Waals surface area contributed by atoms with Crippen LogP contribution in [0.5, 0.6) is 0 Å². The van der Waals surface area contributed by atoms with Crippen molar-refractivity contribution in [1.29, 1.82) is 0 Å². The summed E-state index contributed by atoms with van der Waals surface area (Å²) in [7, 11) is 0. The molecule has 1 saturated heterocycles. The van der Waals surface area contributed by atoms with Gasteiger partial charge in [-0.15, -0.1) is 0 Å². The second-order valence-corrected chi connectivity index (χ2v) is 9.83. The molecule has 0 aromatic rings. The van der Waals surface area contributed by atoms with Crippen LogP contribution >= 0.6 is 0 Å². The maximum atomic E-state index is 12.4. The summed E-state index contributed by atoms with van der Waals surface area (Å²) >= 11 is 0. The highest BCUT2D eigenvalue weighted by Crippen LogP contribution is 2.26. The van der Waals surface area contributed by atoms with Crippen LogP contribution in [-0.4, -0.2) is 37.7 Å². The van der Waals surface area contributed by atoms with Crippen LogP contribution in [0.15, 0.2) is 0 Å². The van der Waals surface area contributed by atoms with Crippen LogP contribution in [0.4, 0.5) is 0 Å². The SMILES string of the molecule is CCCCCCCCCCCOC(=O)C(C)(C)CCCCCCOC(=O)C1CCCN1. The number of esters is 2. The lowest BCUT2D eigenvalue weighted by atomic mass is 9.87. The summed E-state index contributed by atoms with van der Waals surface area (Å²) in [6, 6.07) is -0.0950. The Labute approximate surface area is 191 Å². The minimum atomic E-state index is -0.417. The average Bonchev–Trinajstić information content (AvgIpc) is 3.29. The van der Waals surface area contributed by atoms with E-state index in [0.29, 0.717) is 13.2 Å². The number of hydrogen-bond donors (Lipinski definition) is 1. The molecule has 0 saturated carbocycles. The van der Waals surface area contributed by atoms with Crippen LogP contribution < -0.4 is 5.32 Å². The first-order chi connectivity index (χ1) is 15.0. The molecule has 0 aromatic carbocycles. The quantitative estimate of drug-likeness (QED) is 0.188. The lowest BCUT2D eigenvalue weighted by Gasteiger charge is -2.22. The van der Waals surface area contributed by atoms with E-state index in [0.717, 1.165) is 64.3 Å². The molecule has 1 atom stereocenters. The van der Waals surface area contributed by atoms with Crippen LogP contribution in [0.2, 0.25) is 0 Å². The number of hydrogen-bond acceptors (Lipinski definition) is 5. The highest BCUT2D eigenvalue weighted by Gasteiger charge is 2.28. The lowest BCUT2D eigenvalue weighted by molar-refractivity contribution is -0.154. The fourth-order valence-electron chi connectivity index (χ4n) is 4.06. The molecule has 0 aliphatic carbocycles. The molecule has 0 amide bonds. The molecule has 5 nitrogen and oxygen atoms in total. The molecule has 1 heterocycles. The Balaban J connectivity index is 1.94. The Morgan fingerprint density at radius 3 is 1.94 bits per heavy atom. The van der Waals surface area contributed by atoms with E-state index in [1.165, 1.54) is 44.9 Å². The number of carbonyl (C=O) groups is 2. The minimum Gasteiger partial charge on any atom is -0.465 e. The standard InChI is InChI=1S/C26H49NO4/c1-4-5-6-7-8-9-10-12-16-22-31-25(29)26(2,3)19-14-11-13-15-21-30-24(28)23-18-17-20-27-23/h23,27H,4-22H2,1-3H3. The van der Waals surface area contributed by atoms with Crippen molar-refractivity contribution in [3.05, 3.63) is 0 Å². The first-order valence-electron chi connectivity index (χ1n) is 13.0. The van der Waals surface area contributed by atoms with Crippen LogP contribution in [-0.2, 0) is 19.1 Å². The van der Waals surface area contributed by atoms with Crippen molar-refractivity contribution in [3.8, 4) is 0 Å². The third-order valence-corrected chi connectivity index (χ3v) is 6.32. The largest absolute Gasteiger partial charge is 0.465 e. The average molecular weight is 440 g/mol. The fraction of sp³-hybridized carbons (Fsp3) is 0.923. The smallest absolute Gasteiger partial charge is 0.323 e. The van der Waals surface area contributed by atoms with Crippen molar-refractivity contribution in [1.82, 2.24) is 5.32 Å². The molecule has 1 unspecified atom stereocenters. The Morgan fingerprint density at radius 2 is 1.35 bits per heavy atom. The van der Waals surface area contributed by atoms with Crippen molar-refractivity contribution in [2.45, 2.75) is 130 Å². The van der Waals surface area contributed by atoms with Gasteiger partial charge in [-0.2, -0.15) is 0 Å². The summed E-state index contributed by atoms with van der Waals surface area (Å²) in [5.74, 6) is -0.168. The van der Waals surface area contributed by atoms with Gasteiger partial charge in [0.25, 0.3) is 0 Å². The number of nitrogens with one attached hydrogen (secondary N) is 1. The van der Waals surface area contributed by atoms with E-state index in [9.17, 15) is 9.59 Å². The predicted molar refractivity (Wildman–Crippen MR) is 127 cm³/mol. The number of unbranched alkanes of at least 4 members (excludes halogenated alkanes) is 11. The van der Waals surface area contributed by atoms with Crippen molar-refractivity contribution in [3.63, 3.8) is 0 Å². The summed E-state index contributed by atoms with van der Waals surface area (Å²) in [5, 5.41) is 3.16. The maximum absolute atomic E-state index is 12.4. The zero-order chi connectivity index (χ0) is 22.8. The zero-order valence-corrected chi connectivity index (χ0v) is 20.6. The van der Waals surface area contributed by atoms with E-state index >= 15 is 0 Å². The van der Waals surface area contributed by atoms with Crippen LogP contribution in [0.25, 0.3) is 0 Å². The summed E-state index contributed by atoms with van der Waals surface area (Å²) in [6.07, 6.45) is 18.2. The molecule has 0 radical (unpaired) electrons. The summed E-state index contributed by atoms with van der Waals surface area (Å²) in [4.78, 5) is 24.2. The van der Waals surface area contributed by atoms with E-state index in [-0.39, 0.29) is 18.0 Å². The van der Waals surface area contributed by atoms with Crippen LogP contribution in [0.3, 0.4) is 0 Å². The molecular weight excluding hydrogens is 390 g/mol. The molecule has 0 aromatic heterocycles. The molecular formula is C26H49NO4. The zero-order valence-electron chi connectivity index (χ0n) is 20.6. The van der Waals surface area contributed by atoms with E-state index in [2.05, 4.69) is 12.2 Å². The van der Waals surface area contributed by atoms with Gasteiger partial charge in [0, 0.05) is 0 Å². The Kier molecular flexibility index (Phi) is 15.7. The van der Waals surface area contributed by atoms with E-state index in [4.69, 9.17) is 9.47 Å². The van der Waals surface area contributed by atoms with Crippen molar-refractivity contribution >= 4 is 11.9 Å². The summed E-state index contributed by atoms with van der Waals surface area (Å²) in [5.41, 5.74) is -0.417. The normalized spacial score (nSPS) is 16.4. The second kappa shape index (κ2) is 17.5. The lowest BCUT2D eigenvalue weighted by Crippen LogP contribution is -2.32. The monoisotopic (exact) mass is 439 g/mol. The van der Waals surface area contributed by atoms with Crippen molar-refractivity contribution < 1.29 is 19.1 Å². The summed E-state index contributed by atoms with van der Waals surface area (Å²) in [6.45, 7) is 8.20. The van der Waals surface area contributed by atoms with Crippen molar-refractivity contribution in [2.24, 2.45) is 5.41 Å². The van der Waals surface area contributed by atoms with Crippen LogP contribution in [0.1, 0.15) is 124 Å². The maximum Gasteiger partial charge on any atom is 0.323 e. The van der Waals surface area contributed by atoms with E-state index in [1.54, 1.807) is 0 Å². The van der Waals surface area contributed by atoms with Crippen molar-refractivity contribution in [2.75, 3.05) is 19.8 Å². The Hall–Kier alpha value is -1.10. The van der Waals surface area contributed by atoms with Gasteiger partial charge >= 0.3 is 11.9 Å². The molecule has 182 valence electrons. The molecule has 5 heteroatoms. The second-order valence-electron chi connectivity index (χ2n) is 9.83.